The molecule has 0 fully saturated rings. The first-order valence-electron chi connectivity index (χ1n) is 7.75. The van der Waals surface area contributed by atoms with E-state index in [2.05, 4.69) is 43.4 Å². The van der Waals surface area contributed by atoms with Crippen molar-refractivity contribution >= 4 is 5.91 Å². The summed E-state index contributed by atoms with van der Waals surface area (Å²) in [5.41, 5.74) is 3.56. The SMILES string of the molecule is CCCCNC(=O)COc1ccc(-c2ccc(C)cc2)cc1. The number of hydrogen-bond acceptors (Lipinski definition) is 2. The Bertz CT molecular complexity index is 588. The second-order valence-electron chi connectivity index (χ2n) is 5.38. The van der Waals surface area contributed by atoms with Crippen LogP contribution in [0.25, 0.3) is 11.1 Å². The third-order valence-corrected chi connectivity index (χ3v) is 3.46. The average Bonchev–Trinajstić information content (AvgIpc) is 2.54. The lowest BCUT2D eigenvalue weighted by molar-refractivity contribution is -0.123. The number of carbonyl (C=O) groups excluding carboxylic acids is 1. The lowest BCUT2D eigenvalue weighted by atomic mass is 10.0. The number of nitrogens with one attached hydrogen (secondary N) is 1. The van der Waals surface area contributed by atoms with E-state index in [1.807, 2.05) is 24.3 Å². The largest absolute Gasteiger partial charge is 0.484 e. The third kappa shape index (κ3) is 4.92. The van der Waals surface area contributed by atoms with Crippen LogP contribution in [0.2, 0.25) is 0 Å². The molecule has 3 heteroatoms. The molecule has 1 amide bonds. The predicted molar refractivity (Wildman–Crippen MR) is 90.0 cm³/mol. The molecule has 3 nitrogen and oxygen atoms in total. The molecule has 0 saturated carbocycles. The van der Waals surface area contributed by atoms with Gasteiger partial charge in [0.05, 0.1) is 0 Å². The van der Waals surface area contributed by atoms with Crippen LogP contribution in [0, 0.1) is 6.92 Å². The summed E-state index contributed by atoms with van der Waals surface area (Å²) < 4.78 is 5.50. The average molecular weight is 297 g/mol. The molecule has 0 radical (unpaired) electrons. The second kappa shape index (κ2) is 8.23. The van der Waals surface area contributed by atoms with Gasteiger partial charge in [-0.15, -0.1) is 0 Å². The molecule has 0 aromatic heterocycles. The molecule has 0 heterocycles. The number of ether oxygens (including phenoxy) is 1. The van der Waals surface area contributed by atoms with Crippen molar-refractivity contribution in [2.45, 2.75) is 26.7 Å². The molecule has 0 saturated heterocycles. The molecule has 0 unspecified atom stereocenters. The normalized spacial score (nSPS) is 10.3. The summed E-state index contributed by atoms with van der Waals surface area (Å²) in [6.45, 7) is 4.95. The zero-order chi connectivity index (χ0) is 15.8. The summed E-state index contributed by atoms with van der Waals surface area (Å²) in [7, 11) is 0. The van der Waals surface area contributed by atoms with Crippen molar-refractivity contribution in [3.8, 4) is 16.9 Å². The van der Waals surface area contributed by atoms with E-state index in [9.17, 15) is 4.79 Å². The van der Waals surface area contributed by atoms with Gasteiger partial charge in [-0.3, -0.25) is 4.79 Å². The van der Waals surface area contributed by atoms with E-state index in [1.165, 1.54) is 11.1 Å². The molecule has 2 rings (SSSR count). The van der Waals surface area contributed by atoms with Gasteiger partial charge in [-0.1, -0.05) is 55.3 Å². The van der Waals surface area contributed by atoms with E-state index in [0.29, 0.717) is 12.3 Å². The second-order valence-corrected chi connectivity index (χ2v) is 5.38. The smallest absolute Gasteiger partial charge is 0.257 e. The van der Waals surface area contributed by atoms with Crippen LogP contribution in [0.3, 0.4) is 0 Å². The van der Waals surface area contributed by atoms with Crippen LogP contribution < -0.4 is 10.1 Å². The lowest BCUT2D eigenvalue weighted by Gasteiger charge is -2.08. The Labute approximate surface area is 132 Å². The molecule has 0 aliphatic rings. The van der Waals surface area contributed by atoms with Crippen molar-refractivity contribution < 1.29 is 9.53 Å². The maximum absolute atomic E-state index is 11.6. The van der Waals surface area contributed by atoms with Crippen LogP contribution in [-0.4, -0.2) is 19.1 Å². The van der Waals surface area contributed by atoms with Gasteiger partial charge in [0.15, 0.2) is 6.61 Å². The number of rotatable bonds is 7. The highest BCUT2D eigenvalue weighted by molar-refractivity contribution is 5.77. The van der Waals surface area contributed by atoms with Crippen molar-refractivity contribution in [2.75, 3.05) is 13.2 Å². The van der Waals surface area contributed by atoms with E-state index < -0.39 is 0 Å². The van der Waals surface area contributed by atoms with Gasteiger partial charge < -0.3 is 10.1 Å². The monoisotopic (exact) mass is 297 g/mol. The summed E-state index contributed by atoms with van der Waals surface area (Å²) in [4.78, 5) is 11.6. The first-order chi connectivity index (χ1) is 10.7. The number of carbonyl (C=O) groups is 1. The summed E-state index contributed by atoms with van der Waals surface area (Å²) in [6.07, 6.45) is 2.07. The fraction of sp³-hybridized carbons (Fsp3) is 0.316. The Morgan fingerprint density at radius 3 is 2.18 bits per heavy atom. The molecule has 0 bridgehead atoms. The van der Waals surface area contributed by atoms with Gasteiger partial charge in [0.1, 0.15) is 5.75 Å². The minimum atomic E-state index is -0.0731. The van der Waals surface area contributed by atoms with Crippen LogP contribution in [0.4, 0.5) is 0 Å². The van der Waals surface area contributed by atoms with E-state index in [1.54, 1.807) is 0 Å². The third-order valence-electron chi connectivity index (χ3n) is 3.46. The molecule has 22 heavy (non-hydrogen) atoms. The van der Waals surface area contributed by atoms with Crippen molar-refractivity contribution in [3.63, 3.8) is 0 Å². The number of unbranched alkanes of at least 4 members (excludes halogenated alkanes) is 1. The van der Waals surface area contributed by atoms with Crippen molar-refractivity contribution in [1.82, 2.24) is 5.32 Å². The van der Waals surface area contributed by atoms with Gasteiger partial charge in [0.25, 0.3) is 5.91 Å². The van der Waals surface area contributed by atoms with Gasteiger partial charge in [-0.05, 0) is 36.6 Å². The predicted octanol–water partition coefficient (Wildman–Crippen LogP) is 3.96. The van der Waals surface area contributed by atoms with Gasteiger partial charge in [-0.2, -0.15) is 0 Å². The Kier molecular flexibility index (Phi) is 6.01. The fourth-order valence-corrected chi connectivity index (χ4v) is 2.09. The standard InChI is InChI=1S/C19H23NO2/c1-3-4-13-20-19(21)14-22-18-11-9-17(10-12-18)16-7-5-15(2)6-8-16/h5-12H,3-4,13-14H2,1-2H3,(H,20,21). The Balaban J connectivity index is 1.86. The maximum atomic E-state index is 11.6. The quantitative estimate of drug-likeness (QED) is 0.786. The van der Waals surface area contributed by atoms with Crippen molar-refractivity contribution in [3.05, 3.63) is 54.1 Å². The van der Waals surface area contributed by atoms with E-state index >= 15 is 0 Å². The topological polar surface area (TPSA) is 38.3 Å². The highest BCUT2D eigenvalue weighted by Gasteiger charge is 2.03. The van der Waals surface area contributed by atoms with E-state index in [0.717, 1.165) is 18.4 Å². The molecule has 2 aromatic carbocycles. The van der Waals surface area contributed by atoms with Crippen LogP contribution in [-0.2, 0) is 4.79 Å². The van der Waals surface area contributed by atoms with Crippen molar-refractivity contribution in [1.29, 1.82) is 0 Å². The molecule has 2 aromatic rings. The summed E-state index contributed by atoms with van der Waals surface area (Å²) >= 11 is 0. The van der Waals surface area contributed by atoms with E-state index in [-0.39, 0.29) is 12.5 Å². The van der Waals surface area contributed by atoms with Gasteiger partial charge in [-0.25, -0.2) is 0 Å². The van der Waals surface area contributed by atoms with E-state index in [4.69, 9.17) is 4.74 Å². The molecule has 116 valence electrons. The molecule has 0 spiro atoms. The van der Waals surface area contributed by atoms with Crippen LogP contribution >= 0.6 is 0 Å². The minimum absolute atomic E-state index is 0.0631. The molecular formula is C19H23NO2. The first kappa shape index (κ1) is 16.1. The Morgan fingerprint density at radius 1 is 1.00 bits per heavy atom. The lowest BCUT2D eigenvalue weighted by Crippen LogP contribution is -2.29. The Morgan fingerprint density at radius 2 is 1.59 bits per heavy atom. The molecular weight excluding hydrogens is 274 g/mol. The van der Waals surface area contributed by atoms with Crippen LogP contribution in [0.15, 0.2) is 48.5 Å². The molecule has 0 atom stereocenters. The number of benzene rings is 2. The molecule has 1 N–H and O–H groups in total. The molecule has 0 aliphatic heterocycles. The highest BCUT2D eigenvalue weighted by atomic mass is 16.5. The zero-order valence-corrected chi connectivity index (χ0v) is 13.3. The van der Waals surface area contributed by atoms with Gasteiger partial charge >= 0.3 is 0 Å². The number of hydrogen-bond donors (Lipinski definition) is 1. The minimum Gasteiger partial charge on any atom is -0.484 e. The summed E-state index contributed by atoms with van der Waals surface area (Å²) in [5.74, 6) is 0.637. The molecule has 0 aliphatic carbocycles. The Hall–Kier alpha value is -2.29. The zero-order valence-electron chi connectivity index (χ0n) is 13.3. The first-order valence-corrected chi connectivity index (χ1v) is 7.75. The van der Waals surface area contributed by atoms with Crippen molar-refractivity contribution in [2.24, 2.45) is 0 Å². The number of amides is 1. The van der Waals surface area contributed by atoms with Gasteiger partial charge in [0.2, 0.25) is 0 Å². The van der Waals surface area contributed by atoms with Gasteiger partial charge in [0, 0.05) is 6.54 Å². The number of aryl methyl sites for hydroxylation is 1. The summed E-state index contributed by atoms with van der Waals surface area (Å²) in [6, 6.07) is 16.2. The highest BCUT2D eigenvalue weighted by Crippen LogP contribution is 2.22. The van der Waals surface area contributed by atoms with Crippen LogP contribution in [0.5, 0.6) is 5.75 Å². The summed E-state index contributed by atoms with van der Waals surface area (Å²) in [5, 5.41) is 2.83. The maximum Gasteiger partial charge on any atom is 0.257 e. The fourth-order valence-electron chi connectivity index (χ4n) is 2.09. The van der Waals surface area contributed by atoms with Crippen LogP contribution in [0.1, 0.15) is 25.3 Å².